The van der Waals surface area contributed by atoms with Gasteiger partial charge in [-0.1, -0.05) is 6.07 Å². The minimum absolute atomic E-state index is 0.0515. The van der Waals surface area contributed by atoms with Crippen LogP contribution in [0.2, 0.25) is 0 Å². The van der Waals surface area contributed by atoms with Crippen LogP contribution >= 0.6 is 0 Å². The predicted octanol–water partition coefficient (Wildman–Crippen LogP) is 4.09. The van der Waals surface area contributed by atoms with Gasteiger partial charge in [0.15, 0.2) is 18.1 Å². The van der Waals surface area contributed by atoms with Crippen LogP contribution in [0.4, 0.5) is 13.2 Å². The summed E-state index contributed by atoms with van der Waals surface area (Å²) in [6, 6.07) is 7.54. The lowest BCUT2D eigenvalue weighted by Crippen LogP contribution is -2.32. The number of hydrogen-bond donors (Lipinski definition) is 1. The maximum absolute atomic E-state index is 13.3. The van der Waals surface area contributed by atoms with Crippen LogP contribution in [0.15, 0.2) is 36.4 Å². The third kappa shape index (κ3) is 4.49. The van der Waals surface area contributed by atoms with Gasteiger partial charge in [-0.05, 0) is 54.3 Å². The number of ether oxygens (including phenoxy) is 2. The van der Waals surface area contributed by atoms with Crippen LogP contribution in [-0.4, -0.2) is 42.7 Å². The molecule has 0 bridgehead atoms. The summed E-state index contributed by atoms with van der Waals surface area (Å²) in [5, 5.41) is 9.70. The van der Waals surface area contributed by atoms with E-state index in [0.717, 1.165) is 25.0 Å². The molecule has 8 heteroatoms. The van der Waals surface area contributed by atoms with E-state index in [0.29, 0.717) is 18.7 Å². The van der Waals surface area contributed by atoms with E-state index in [9.17, 15) is 23.1 Å². The van der Waals surface area contributed by atoms with Crippen LogP contribution in [0.25, 0.3) is 11.1 Å². The molecule has 28 heavy (non-hydrogen) atoms. The smallest absolute Gasteiger partial charge is 0.416 e. The average molecular weight is 395 g/mol. The standard InChI is InChI=1S/C20H20F3NO4/c1-27-18-10-13(4-5-17(18)25)14-8-15(20(21,22)23)11-16(9-14)28-12-19(26)24-6-2-3-7-24/h4-5,8-11,25H,2-3,6-7,12H2,1H3. The van der Waals surface area contributed by atoms with E-state index < -0.39 is 11.7 Å². The Morgan fingerprint density at radius 2 is 1.82 bits per heavy atom. The number of benzene rings is 2. The van der Waals surface area contributed by atoms with E-state index in [1.165, 1.54) is 31.4 Å². The van der Waals surface area contributed by atoms with Gasteiger partial charge in [-0.25, -0.2) is 0 Å². The maximum Gasteiger partial charge on any atom is 0.416 e. The third-order valence-corrected chi connectivity index (χ3v) is 4.57. The highest BCUT2D eigenvalue weighted by atomic mass is 19.4. The van der Waals surface area contributed by atoms with Gasteiger partial charge in [-0.2, -0.15) is 13.2 Å². The molecule has 1 aliphatic rings. The number of phenols is 1. The molecule has 2 aromatic carbocycles. The summed E-state index contributed by atoms with van der Waals surface area (Å²) in [5.41, 5.74) is -0.242. The highest BCUT2D eigenvalue weighted by Gasteiger charge is 2.32. The number of carbonyl (C=O) groups is 1. The molecule has 0 saturated carbocycles. The Hall–Kier alpha value is -2.90. The Morgan fingerprint density at radius 1 is 1.11 bits per heavy atom. The highest BCUT2D eigenvalue weighted by Crippen LogP contribution is 2.38. The number of amides is 1. The Balaban J connectivity index is 1.90. The van der Waals surface area contributed by atoms with Crippen LogP contribution in [0.5, 0.6) is 17.2 Å². The van der Waals surface area contributed by atoms with Crippen molar-refractivity contribution in [3.05, 3.63) is 42.0 Å². The van der Waals surface area contributed by atoms with Crippen LogP contribution in [0.3, 0.4) is 0 Å². The number of hydrogen-bond acceptors (Lipinski definition) is 4. The van der Waals surface area contributed by atoms with Crippen LogP contribution in [0.1, 0.15) is 18.4 Å². The Morgan fingerprint density at radius 3 is 2.46 bits per heavy atom. The lowest BCUT2D eigenvalue weighted by atomic mass is 10.0. The molecular formula is C20H20F3NO4. The number of rotatable bonds is 5. The lowest BCUT2D eigenvalue weighted by Gasteiger charge is -2.17. The lowest BCUT2D eigenvalue weighted by molar-refractivity contribution is -0.137. The van der Waals surface area contributed by atoms with E-state index >= 15 is 0 Å². The van der Waals surface area contributed by atoms with Crippen LogP contribution < -0.4 is 9.47 Å². The Bertz CT molecular complexity index is 861. The first kappa shape index (κ1) is 19.9. The summed E-state index contributed by atoms with van der Waals surface area (Å²) in [7, 11) is 1.35. The Labute approximate surface area is 160 Å². The molecule has 5 nitrogen and oxygen atoms in total. The van der Waals surface area contributed by atoms with Gasteiger partial charge >= 0.3 is 6.18 Å². The summed E-state index contributed by atoms with van der Waals surface area (Å²) < 4.78 is 50.4. The summed E-state index contributed by atoms with van der Waals surface area (Å²) in [4.78, 5) is 13.7. The van der Waals surface area contributed by atoms with Crippen molar-refractivity contribution in [2.24, 2.45) is 0 Å². The molecule has 0 aromatic heterocycles. The highest BCUT2D eigenvalue weighted by molar-refractivity contribution is 5.78. The van der Waals surface area contributed by atoms with E-state index in [1.807, 2.05) is 0 Å². The maximum atomic E-state index is 13.3. The summed E-state index contributed by atoms with van der Waals surface area (Å²) in [6.07, 6.45) is -2.74. The zero-order valence-corrected chi connectivity index (χ0v) is 15.3. The summed E-state index contributed by atoms with van der Waals surface area (Å²) in [6.45, 7) is 0.965. The second kappa shape index (κ2) is 8.00. The van der Waals surface area contributed by atoms with Crippen molar-refractivity contribution in [3.63, 3.8) is 0 Å². The van der Waals surface area contributed by atoms with Gasteiger partial charge < -0.3 is 19.5 Å². The molecule has 2 aromatic rings. The number of phenolic OH excluding ortho intramolecular Hbond substituents is 1. The van der Waals surface area contributed by atoms with Gasteiger partial charge in [0, 0.05) is 13.1 Å². The number of likely N-dealkylation sites (tertiary alicyclic amines) is 1. The van der Waals surface area contributed by atoms with Gasteiger partial charge in [-0.15, -0.1) is 0 Å². The van der Waals surface area contributed by atoms with Crippen molar-refractivity contribution in [3.8, 4) is 28.4 Å². The topological polar surface area (TPSA) is 59.0 Å². The van der Waals surface area contributed by atoms with Gasteiger partial charge in [0.05, 0.1) is 12.7 Å². The zero-order valence-electron chi connectivity index (χ0n) is 15.3. The van der Waals surface area contributed by atoms with Crippen molar-refractivity contribution in [2.45, 2.75) is 19.0 Å². The molecular weight excluding hydrogens is 375 g/mol. The third-order valence-electron chi connectivity index (χ3n) is 4.57. The molecule has 0 atom stereocenters. The normalized spacial score (nSPS) is 14.2. The zero-order chi connectivity index (χ0) is 20.3. The number of methoxy groups -OCH3 is 1. The fourth-order valence-electron chi connectivity index (χ4n) is 3.07. The first-order chi connectivity index (χ1) is 13.3. The molecule has 0 aliphatic carbocycles. The molecule has 0 spiro atoms. The average Bonchev–Trinajstić information content (AvgIpc) is 3.20. The molecule has 0 unspecified atom stereocenters. The molecule has 1 aliphatic heterocycles. The molecule has 1 N–H and O–H groups in total. The van der Waals surface area contributed by atoms with Crippen molar-refractivity contribution < 1.29 is 32.5 Å². The van der Waals surface area contributed by atoms with Gasteiger partial charge in [0.2, 0.25) is 0 Å². The molecule has 1 amide bonds. The largest absolute Gasteiger partial charge is 0.504 e. The van der Waals surface area contributed by atoms with Gasteiger partial charge in [-0.3, -0.25) is 4.79 Å². The number of halogens is 3. The van der Waals surface area contributed by atoms with E-state index in [4.69, 9.17) is 9.47 Å². The number of alkyl halides is 3. The van der Waals surface area contributed by atoms with Crippen molar-refractivity contribution in [2.75, 3.05) is 26.8 Å². The number of aromatic hydroxyl groups is 1. The van der Waals surface area contributed by atoms with Crippen molar-refractivity contribution >= 4 is 5.91 Å². The quantitative estimate of drug-likeness (QED) is 0.829. The summed E-state index contributed by atoms with van der Waals surface area (Å²) >= 11 is 0. The van der Waals surface area contributed by atoms with Crippen molar-refractivity contribution in [1.82, 2.24) is 4.90 Å². The number of nitrogens with zero attached hydrogens (tertiary/aromatic N) is 1. The molecule has 3 rings (SSSR count). The van der Waals surface area contributed by atoms with Crippen LogP contribution in [-0.2, 0) is 11.0 Å². The summed E-state index contributed by atoms with van der Waals surface area (Å²) in [5.74, 6) is -0.278. The molecule has 1 heterocycles. The Kier molecular flexibility index (Phi) is 5.67. The predicted molar refractivity (Wildman–Crippen MR) is 96.4 cm³/mol. The monoisotopic (exact) mass is 395 g/mol. The van der Waals surface area contributed by atoms with Crippen molar-refractivity contribution in [1.29, 1.82) is 0 Å². The van der Waals surface area contributed by atoms with E-state index in [1.54, 1.807) is 4.90 Å². The second-order valence-electron chi connectivity index (χ2n) is 6.51. The fraction of sp³-hybridized carbons (Fsp3) is 0.350. The molecule has 1 fully saturated rings. The molecule has 0 radical (unpaired) electrons. The first-order valence-electron chi connectivity index (χ1n) is 8.78. The van der Waals surface area contributed by atoms with Gasteiger partial charge in [0.25, 0.3) is 5.91 Å². The molecule has 1 saturated heterocycles. The minimum Gasteiger partial charge on any atom is -0.504 e. The van der Waals surface area contributed by atoms with Crippen LogP contribution in [0, 0.1) is 0 Å². The van der Waals surface area contributed by atoms with Gasteiger partial charge in [0.1, 0.15) is 5.75 Å². The minimum atomic E-state index is -4.58. The first-order valence-corrected chi connectivity index (χ1v) is 8.78. The number of carbonyl (C=O) groups excluding carboxylic acids is 1. The second-order valence-corrected chi connectivity index (χ2v) is 6.51. The fourth-order valence-corrected chi connectivity index (χ4v) is 3.07. The van der Waals surface area contributed by atoms with E-state index in [2.05, 4.69) is 0 Å². The van der Waals surface area contributed by atoms with E-state index in [-0.39, 0.29) is 35.3 Å². The molecule has 150 valence electrons. The SMILES string of the molecule is COc1cc(-c2cc(OCC(=O)N3CCCC3)cc(C(F)(F)F)c2)ccc1O.